The molecule has 0 bridgehead atoms. The average Bonchev–Trinajstić information content (AvgIpc) is 2.49. The fraction of sp³-hybridized carbons (Fsp3) is 0.467. The second-order valence-electron chi connectivity index (χ2n) is 4.56. The molecule has 1 aromatic carbocycles. The topological polar surface area (TPSA) is 78.9 Å². The molecule has 1 aromatic rings. The number of carbonyl (C=O) groups is 2. The summed E-state index contributed by atoms with van der Waals surface area (Å²) in [5.41, 5.74) is 0.672. The van der Waals surface area contributed by atoms with Gasteiger partial charge in [0.05, 0.1) is 12.5 Å². The lowest BCUT2D eigenvalue weighted by Crippen LogP contribution is -2.43. The molecular formula is C15H22N2O4. The standard InChI is InChI=1S/C15H22N2O4/c1-3-17(9-10-21-2)15(20)16-11-13(14(18)19)12-7-5-4-6-8-12/h4-8,13H,3,9-11H2,1-2H3,(H,16,20)(H,18,19). The summed E-state index contributed by atoms with van der Waals surface area (Å²) in [5.74, 6) is -1.71. The van der Waals surface area contributed by atoms with Gasteiger partial charge in [0.2, 0.25) is 0 Å². The van der Waals surface area contributed by atoms with Gasteiger partial charge < -0.3 is 20.1 Å². The molecule has 1 atom stereocenters. The van der Waals surface area contributed by atoms with E-state index in [4.69, 9.17) is 4.74 Å². The molecule has 21 heavy (non-hydrogen) atoms. The molecule has 0 aliphatic heterocycles. The predicted octanol–water partition coefficient (Wildman–Crippen LogP) is 1.53. The van der Waals surface area contributed by atoms with E-state index in [0.717, 1.165) is 0 Å². The molecule has 6 heteroatoms. The van der Waals surface area contributed by atoms with Gasteiger partial charge >= 0.3 is 12.0 Å². The smallest absolute Gasteiger partial charge is 0.317 e. The molecule has 0 aromatic heterocycles. The van der Waals surface area contributed by atoms with Crippen LogP contribution < -0.4 is 5.32 Å². The number of hydrogen-bond donors (Lipinski definition) is 2. The van der Waals surface area contributed by atoms with E-state index in [1.807, 2.05) is 13.0 Å². The number of carbonyl (C=O) groups excluding carboxylic acids is 1. The highest BCUT2D eigenvalue weighted by molar-refractivity contribution is 5.79. The van der Waals surface area contributed by atoms with Gasteiger partial charge in [-0.3, -0.25) is 4.79 Å². The van der Waals surface area contributed by atoms with Crippen molar-refractivity contribution in [1.82, 2.24) is 10.2 Å². The minimum Gasteiger partial charge on any atom is -0.481 e. The van der Waals surface area contributed by atoms with Crippen LogP contribution in [0.15, 0.2) is 30.3 Å². The lowest BCUT2D eigenvalue weighted by atomic mass is 9.99. The molecule has 0 radical (unpaired) electrons. The highest BCUT2D eigenvalue weighted by Gasteiger charge is 2.21. The molecule has 2 N–H and O–H groups in total. The van der Waals surface area contributed by atoms with Crippen molar-refractivity contribution in [3.8, 4) is 0 Å². The first-order chi connectivity index (χ1) is 10.1. The number of ether oxygens (including phenoxy) is 1. The zero-order valence-corrected chi connectivity index (χ0v) is 12.4. The lowest BCUT2D eigenvalue weighted by Gasteiger charge is -2.22. The maximum Gasteiger partial charge on any atom is 0.317 e. The minimum atomic E-state index is -0.957. The van der Waals surface area contributed by atoms with Gasteiger partial charge in [0.25, 0.3) is 0 Å². The van der Waals surface area contributed by atoms with Crippen LogP contribution in [0.3, 0.4) is 0 Å². The van der Waals surface area contributed by atoms with Gasteiger partial charge in [-0.05, 0) is 12.5 Å². The Balaban J connectivity index is 2.61. The van der Waals surface area contributed by atoms with Crippen LogP contribution >= 0.6 is 0 Å². The summed E-state index contributed by atoms with van der Waals surface area (Å²) in [6.07, 6.45) is 0. The number of nitrogens with one attached hydrogen (secondary N) is 1. The third-order valence-electron chi connectivity index (χ3n) is 3.19. The highest BCUT2D eigenvalue weighted by Crippen LogP contribution is 2.14. The molecule has 116 valence electrons. The van der Waals surface area contributed by atoms with Crippen molar-refractivity contribution >= 4 is 12.0 Å². The summed E-state index contributed by atoms with van der Waals surface area (Å²) < 4.78 is 4.94. The summed E-state index contributed by atoms with van der Waals surface area (Å²) in [5, 5.41) is 12.0. The van der Waals surface area contributed by atoms with Crippen molar-refractivity contribution in [1.29, 1.82) is 0 Å². The van der Waals surface area contributed by atoms with Crippen LogP contribution in [0.2, 0.25) is 0 Å². The van der Waals surface area contributed by atoms with Gasteiger partial charge in [0.1, 0.15) is 0 Å². The van der Waals surface area contributed by atoms with Crippen molar-refractivity contribution in [2.45, 2.75) is 12.8 Å². The van der Waals surface area contributed by atoms with Crippen LogP contribution in [0, 0.1) is 0 Å². The molecule has 0 saturated heterocycles. The average molecular weight is 294 g/mol. The number of amides is 2. The van der Waals surface area contributed by atoms with Crippen LogP contribution in [0.4, 0.5) is 4.79 Å². The van der Waals surface area contributed by atoms with Gasteiger partial charge in [-0.25, -0.2) is 4.79 Å². The summed E-state index contributed by atoms with van der Waals surface area (Å²) in [4.78, 5) is 24.9. The predicted molar refractivity (Wildman–Crippen MR) is 79.3 cm³/mol. The molecule has 1 rings (SSSR count). The Bertz CT molecular complexity index is 450. The van der Waals surface area contributed by atoms with Crippen molar-refractivity contribution in [3.05, 3.63) is 35.9 Å². The molecule has 0 heterocycles. The Labute approximate surface area is 124 Å². The third kappa shape index (κ3) is 5.43. The molecule has 0 fully saturated rings. The largest absolute Gasteiger partial charge is 0.481 e. The van der Waals surface area contributed by atoms with E-state index in [0.29, 0.717) is 25.3 Å². The number of hydrogen-bond acceptors (Lipinski definition) is 3. The van der Waals surface area contributed by atoms with E-state index < -0.39 is 11.9 Å². The fourth-order valence-corrected chi connectivity index (χ4v) is 1.94. The number of benzene rings is 1. The van der Waals surface area contributed by atoms with Crippen LogP contribution in [0.25, 0.3) is 0 Å². The number of likely N-dealkylation sites (N-methyl/N-ethyl adjacent to an activating group) is 1. The molecule has 2 amide bonds. The van der Waals surface area contributed by atoms with Crippen molar-refractivity contribution in [3.63, 3.8) is 0 Å². The molecular weight excluding hydrogens is 272 g/mol. The maximum absolute atomic E-state index is 12.0. The monoisotopic (exact) mass is 294 g/mol. The Morgan fingerprint density at radius 3 is 2.52 bits per heavy atom. The van der Waals surface area contributed by atoms with Crippen molar-refractivity contribution in [2.24, 2.45) is 0 Å². The zero-order chi connectivity index (χ0) is 15.7. The minimum absolute atomic E-state index is 0.0572. The summed E-state index contributed by atoms with van der Waals surface area (Å²) in [6.45, 7) is 3.38. The summed E-state index contributed by atoms with van der Waals surface area (Å²) >= 11 is 0. The first-order valence-corrected chi connectivity index (χ1v) is 6.89. The van der Waals surface area contributed by atoms with E-state index >= 15 is 0 Å². The zero-order valence-electron chi connectivity index (χ0n) is 12.4. The van der Waals surface area contributed by atoms with Crippen molar-refractivity contribution in [2.75, 3.05) is 33.4 Å². The number of nitrogens with zero attached hydrogens (tertiary/aromatic N) is 1. The lowest BCUT2D eigenvalue weighted by molar-refractivity contribution is -0.138. The second-order valence-corrected chi connectivity index (χ2v) is 4.56. The first-order valence-electron chi connectivity index (χ1n) is 6.89. The van der Waals surface area contributed by atoms with Gasteiger partial charge in [-0.2, -0.15) is 0 Å². The number of rotatable bonds is 8. The fourth-order valence-electron chi connectivity index (χ4n) is 1.94. The molecule has 0 spiro atoms. The van der Waals surface area contributed by atoms with E-state index in [2.05, 4.69) is 5.32 Å². The summed E-state index contributed by atoms with van der Waals surface area (Å²) in [7, 11) is 1.57. The van der Waals surface area contributed by atoms with Crippen LogP contribution in [0.1, 0.15) is 18.4 Å². The molecule has 1 unspecified atom stereocenters. The maximum atomic E-state index is 12.0. The Hall–Kier alpha value is -2.08. The van der Waals surface area contributed by atoms with Crippen molar-refractivity contribution < 1.29 is 19.4 Å². The Kier molecular flexibility index (Phi) is 7.25. The van der Waals surface area contributed by atoms with Gasteiger partial charge in [0.15, 0.2) is 0 Å². The highest BCUT2D eigenvalue weighted by atomic mass is 16.5. The van der Waals surface area contributed by atoms with Crippen LogP contribution in [-0.2, 0) is 9.53 Å². The molecule has 6 nitrogen and oxygen atoms in total. The van der Waals surface area contributed by atoms with Gasteiger partial charge in [0, 0.05) is 26.7 Å². The Morgan fingerprint density at radius 1 is 1.33 bits per heavy atom. The van der Waals surface area contributed by atoms with E-state index in [9.17, 15) is 14.7 Å². The van der Waals surface area contributed by atoms with E-state index in [-0.39, 0.29) is 12.6 Å². The van der Waals surface area contributed by atoms with Gasteiger partial charge in [-0.15, -0.1) is 0 Å². The quantitative estimate of drug-likeness (QED) is 0.762. The van der Waals surface area contributed by atoms with E-state index in [1.165, 1.54) is 0 Å². The Morgan fingerprint density at radius 2 is 2.00 bits per heavy atom. The number of aliphatic carboxylic acids is 1. The number of carboxylic acids is 1. The third-order valence-corrected chi connectivity index (χ3v) is 3.19. The molecule has 0 saturated carbocycles. The molecule has 0 aliphatic rings. The number of carboxylic acid groups (broad SMARTS) is 1. The molecule has 0 aliphatic carbocycles. The number of urea groups is 1. The normalized spacial score (nSPS) is 11.7. The van der Waals surface area contributed by atoms with E-state index in [1.54, 1.807) is 36.3 Å². The van der Waals surface area contributed by atoms with Crippen LogP contribution in [0.5, 0.6) is 0 Å². The van der Waals surface area contributed by atoms with Gasteiger partial charge in [-0.1, -0.05) is 30.3 Å². The summed E-state index contributed by atoms with van der Waals surface area (Å²) in [6, 6.07) is 8.59. The number of methoxy groups -OCH3 is 1. The second kappa shape index (κ2) is 8.97. The van der Waals surface area contributed by atoms with Crippen LogP contribution in [-0.4, -0.2) is 55.4 Å². The first kappa shape index (κ1) is 17.0. The SMILES string of the molecule is CCN(CCOC)C(=O)NCC(C(=O)O)c1ccccc1.